The molecule has 1 aromatic carbocycles. The van der Waals surface area contributed by atoms with Crippen molar-refractivity contribution in [3.8, 4) is 5.75 Å². The molecule has 3 rings (SSSR count). The van der Waals surface area contributed by atoms with Crippen LogP contribution in [0.5, 0.6) is 5.75 Å². The van der Waals surface area contributed by atoms with Crippen molar-refractivity contribution in [2.45, 2.75) is 33.4 Å². The monoisotopic (exact) mass is 370 g/mol. The van der Waals surface area contributed by atoms with Gasteiger partial charge in [0.15, 0.2) is 0 Å². The quantitative estimate of drug-likeness (QED) is 0.822. The molecule has 0 fully saturated rings. The van der Waals surface area contributed by atoms with Crippen LogP contribution in [0, 0.1) is 13.8 Å². The first-order valence-electron chi connectivity index (χ1n) is 9.17. The van der Waals surface area contributed by atoms with E-state index in [-0.39, 0.29) is 18.0 Å². The average Bonchev–Trinajstić information content (AvgIpc) is 2.63. The van der Waals surface area contributed by atoms with Gasteiger partial charge in [-0.3, -0.25) is 9.59 Å². The van der Waals surface area contributed by atoms with Crippen molar-refractivity contribution in [3.05, 3.63) is 57.0 Å². The molecule has 0 saturated heterocycles. The molecule has 0 aliphatic carbocycles. The minimum atomic E-state index is -0.165. The highest BCUT2D eigenvalue weighted by molar-refractivity contribution is 5.75. The van der Waals surface area contributed by atoms with E-state index in [0.29, 0.717) is 26.1 Å². The summed E-state index contributed by atoms with van der Waals surface area (Å²) < 4.78 is 7.01. The van der Waals surface area contributed by atoms with E-state index in [1.165, 1.54) is 4.68 Å². The summed E-state index contributed by atoms with van der Waals surface area (Å²) in [4.78, 5) is 26.5. The second-order valence-electron chi connectivity index (χ2n) is 7.03. The van der Waals surface area contributed by atoms with Gasteiger partial charge in [0, 0.05) is 19.2 Å². The lowest BCUT2D eigenvalue weighted by Gasteiger charge is -2.20. The Kier molecular flexibility index (Phi) is 5.91. The summed E-state index contributed by atoms with van der Waals surface area (Å²) in [7, 11) is 1.71. The number of nitrogens with one attached hydrogen (secondary N) is 1. The Balaban J connectivity index is 1.55. The number of amides is 1. The molecule has 0 bridgehead atoms. The highest BCUT2D eigenvalue weighted by atomic mass is 16.5. The molecule has 1 N–H and O–H groups in total. The number of benzene rings is 1. The maximum atomic E-state index is 12.5. The fourth-order valence-corrected chi connectivity index (χ4v) is 3.22. The Morgan fingerprint density at radius 1 is 1.30 bits per heavy atom. The second-order valence-corrected chi connectivity index (χ2v) is 7.03. The highest BCUT2D eigenvalue weighted by Gasteiger charge is 2.17. The molecule has 1 aliphatic heterocycles. The van der Waals surface area contributed by atoms with Gasteiger partial charge in [0.05, 0.1) is 12.7 Å². The normalized spacial score (nSPS) is 13.1. The van der Waals surface area contributed by atoms with E-state index in [1.54, 1.807) is 18.1 Å². The molecular weight excluding hydrogens is 344 g/mol. The van der Waals surface area contributed by atoms with Gasteiger partial charge in [0.25, 0.3) is 5.56 Å². The Hall–Kier alpha value is -2.67. The van der Waals surface area contributed by atoms with Gasteiger partial charge in [-0.25, -0.2) is 4.68 Å². The Labute approximate surface area is 158 Å². The lowest BCUT2D eigenvalue weighted by Crippen LogP contribution is -2.39. The van der Waals surface area contributed by atoms with Crippen molar-refractivity contribution < 1.29 is 9.53 Å². The van der Waals surface area contributed by atoms with E-state index in [9.17, 15) is 9.59 Å². The van der Waals surface area contributed by atoms with Gasteiger partial charge >= 0.3 is 0 Å². The summed E-state index contributed by atoms with van der Waals surface area (Å²) in [5, 5.41) is 7.36. The molecule has 1 aliphatic rings. The largest absolute Gasteiger partial charge is 0.492 e. The van der Waals surface area contributed by atoms with E-state index >= 15 is 0 Å². The first-order chi connectivity index (χ1) is 12.9. The Morgan fingerprint density at radius 3 is 2.78 bits per heavy atom. The maximum absolute atomic E-state index is 12.5. The van der Waals surface area contributed by atoms with Crippen LogP contribution in [0.15, 0.2) is 29.2 Å². The van der Waals surface area contributed by atoms with Crippen LogP contribution < -0.4 is 15.6 Å². The molecule has 0 saturated carbocycles. The van der Waals surface area contributed by atoms with E-state index < -0.39 is 0 Å². The predicted octanol–water partition coefficient (Wildman–Crippen LogP) is 1.04. The number of ether oxygens (including phenoxy) is 1. The minimum Gasteiger partial charge on any atom is -0.492 e. The number of nitrogens with zero attached hydrogens (tertiary/aromatic N) is 3. The summed E-state index contributed by atoms with van der Waals surface area (Å²) >= 11 is 0. The maximum Gasteiger partial charge on any atom is 0.270 e. The second kappa shape index (κ2) is 8.35. The van der Waals surface area contributed by atoms with Crippen molar-refractivity contribution >= 4 is 5.91 Å². The van der Waals surface area contributed by atoms with Crippen LogP contribution in [0.25, 0.3) is 0 Å². The van der Waals surface area contributed by atoms with Crippen molar-refractivity contribution in [2.75, 3.05) is 26.7 Å². The van der Waals surface area contributed by atoms with E-state index in [2.05, 4.69) is 16.5 Å². The average molecular weight is 370 g/mol. The summed E-state index contributed by atoms with van der Waals surface area (Å²) in [6.07, 6.45) is 2.35. The van der Waals surface area contributed by atoms with E-state index in [0.717, 1.165) is 34.5 Å². The van der Waals surface area contributed by atoms with Crippen LogP contribution in [0.2, 0.25) is 0 Å². The number of rotatable bonds is 6. The van der Waals surface area contributed by atoms with Crippen LogP contribution in [-0.4, -0.2) is 47.3 Å². The number of carbonyl (C=O) groups is 1. The van der Waals surface area contributed by atoms with Gasteiger partial charge in [0.2, 0.25) is 5.91 Å². The Morgan fingerprint density at radius 2 is 2.04 bits per heavy atom. The number of hydrogen-bond donors (Lipinski definition) is 1. The summed E-state index contributed by atoms with van der Waals surface area (Å²) in [6.45, 7) is 6.25. The van der Waals surface area contributed by atoms with Crippen molar-refractivity contribution in [1.82, 2.24) is 20.0 Å². The lowest BCUT2D eigenvalue weighted by atomic mass is 10.1. The van der Waals surface area contributed by atoms with Crippen LogP contribution in [0.4, 0.5) is 0 Å². The van der Waals surface area contributed by atoms with Crippen LogP contribution in [-0.2, 0) is 24.3 Å². The third-order valence-electron chi connectivity index (χ3n) is 4.70. The van der Waals surface area contributed by atoms with Crippen LogP contribution >= 0.6 is 0 Å². The summed E-state index contributed by atoms with van der Waals surface area (Å²) in [5.41, 5.74) is 3.80. The van der Waals surface area contributed by atoms with Gasteiger partial charge in [0.1, 0.15) is 18.9 Å². The van der Waals surface area contributed by atoms with Gasteiger partial charge in [-0.05, 0) is 55.6 Å². The van der Waals surface area contributed by atoms with Crippen LogP contribution in [0.1, 0.15) is 22.3 Å². The molecule has 2 heterocycles. The van der Waals surface area contributed by atoms with Gasteiger partial charge in [-0.15, -0.1) is 0 Å². The highest BCUT2D eigenvalue weighted by Crippen LogP contribution is 2.16. The summed E-state index contributed by atoms with van der Waals surface area (Å²) in [6, 6.07) is 6.03. The third kappa shape index (κ3) is 4.74. The number of aryl methyl sites for hydroxylation is 2. The molecule has 0 spiro atoms. The molecule has 0 radical (unpaired) electrons. The number of fused-ring (bicyclic) bond motifs is 1. The zero-order valence-electron chi connectivity index (χ0n) is 16.1. The minimum absolute atomic E-state index is 0.0560. The molecule has 7 heteroatoms. The number of hydrogen-bond acceptors (Lipinski definition) is 5. The van der Waals surface area contributed by atoms with Gasteiger partial charge in [-0.1, -0.05) is 6.07 Å². The molecule has 0 atom stereocenters. The fraction of sp³-hybridized carbons (Fsp3) is 0.450. The molecule has 144 valence electrons. The smallest absolute Gasteiger partial charge is 0.270 e. The topological polar surface area (TPSA) is 76.5 Å². The molecule has 1 aromatic heterocycles. The molecule has 0 unspecified atom stereocenters. The SMILES string of the molecule is Cc1cc(C)cc(OCCN(C)C(=O)Cn2ncc3c(c2=O)CCNC3)c1. The number of likely N-dealkylation sites (N-methyl/N-ethyl adjacent to an activating group) is 1. The number of carbonyl (C=O) groups excluding carboxylic acids is 1. The molecule has 7 nitrogen and oxygen atoms in total. The Bertz CT molecular complexity index is 871. The predicted molar refractivity (Wildman–Crippen MR) is 103 cm³/mol. The third-order valence-corrected chi connectivity index (χ3v) is 4.70. The first kappa shape index (κ1) is 19.1. The standard InChI is InChI=1S/C20H26N4O3/c1-14-8-15(2)10-17(9-14)27-7-6-23(3)19(25)13-24-20(26)18-4-5-21-11-16(18)12-22-24/h8-10,12,21H,4-7,11,13H2,1-3H3. The zero-order chi connectivity index (χ0) is 19.4. The molecule has 27 heavy (non-hydrogen) atoms. The fourth-order valence-electron chi connectivity index (χ4n) is 3.22. The van der Waals surface area contributed by atoms with Crippen molar-refractivity contribution in [1.29, 1.82) is 0 Å². The zero-order valence-corrected chi connectivity index (χ0v) is 16.1. The van der Waals surface area contributed by atoms with Gasteiger partial charge in [-0.2, -0.15) is 5.10 Å². The number of aromatic nitrogens is 2. The van der Waals surface area contributed by atoms with Crippen molar-refractivity contribution in [3.63, 3.8) is 0 Å². The van der Waals surface area contributed by atoms with Crippen LogP contribution in [0.3, 0.4) is 0 Å². The van der Waals surface area contributed by atoms with Crippen molar-refractivity contribution in [2.24, 2.45) is 0 Å². The molecule has 2 aromatic rings. The van der Waals surface area contributed by atoms with Gasteiger partial charge < -0.3 is 15.0 Å². The van der Waals surface area contributed by atoms with E-state index in [4.69, 9.17) is 4.74 Å². The molecule has 1 amide bonds. The lowest BCUT2D eigenvalue weighted by molar-refractivity contribution is -0.131. The molecular formula is C20H26N4O3. The summed E-state index contributed by atoms with van der Waals surface area (Å²) in [5.74, 6) is 0.636. The van der Waals surface area contributed by atoms with E-state index in [1.807, 2.05) is 26.0 Å². The first-order valence-corrected chi connectivity index (χ1v) is 9.17.